The van der Waals surface area contributed by atoms with E-state index in [0.29, 0.717) is 21.7 Å². The van der Waals surface area contributed by atoms with Crippen molar-refractivity contribution in [1.29, 1.82) is 0 Å². The maximum atomic E-state index is 13.1. The van der Waals surface area contributed by atoms with E-state index in [-0.39, 0.29) is 11.2 Å². The number of thioether (sulfide) groups is 1. The molecule has 84 valence electrons. The first-order valence-electron chi connectivity index (χ1n) is 4.75. The van der Waals surface area contributed by atoms with Gasteiger partial charge in [0, 0.05) is 24.5 Å². The summed E-state index contributed by atoms with van der Waals surface area (Å²) < 4.78 is 14.8. The molecule has 0 saturated carbocycles. The fourth-order valence-corrected chi connectivity index (χ4v) is 2.27. The van der Waals surface area contributed by atoms with E-state index in [2.05, 4.69) is 0 Å². The molecule has 16 heavy (non-hydrogen) atoms. The van der Waals surface area contributed by atoms with E-state index in [0.717, 1.165) is 0 Å². The molecule has 1 aromatic heterocycles. The van der Waals surface area contributed by atoms with Crippen molar-refractivity contribution in [3.63, 3.8) is 0 Å². The number of nitrogens with two attached hydrogens (primary N) is 1. The Balaban J connectivity index is 2.79. The van der Waals surface area contributed by atoms with Crippen molar-refractivity contribution in [2.75, 3.05) is 5.88 Å². The number of halogens is 1. The highest BCUT2D eigenvalue weighted by Crippen LogP contribution is 2.17. The molecule has 0 atom stereocenters. The smallest absolute Gasteiger partial charge is 0.202 e. The summed E-state index contributed by atoms with van der Waals surface area (Å²) in [6.45, 7) is 0. The van der Waals surface area contributed by atoms with Crippen LogP contribution in [0.2, 0.25) is 0 Å². The van der Waals surface area contributed by atoms with Gasteiger partial charge < -0.3 is 10.3 Å². The lowest BCUT2D eigenvalue weighted by molar-refractivity contribution is 0.628. The highest BCUT2D eigenvalue weighted by molar-refractivity contribution is 7.99. The molecule has 0 saturated heterocycles. The van der Waals surface area contributed by atoms with Crippen molar-refractivity contribution in [2.24, 2.45) is 12.8 Å². The highest BCUT2D eigenvalue weighted by Gasteiger charge is 2.07. The molecule has 0 aliphatic heterocycles. The summed E-state index contributed by atoms with van der Waals surface area (Å²) in [5.74, 6) is 0.00353. The van der Waals surface area contributed by atoms with Gasteiger partial charge >= 0.3 is 0 Å². The van der Waals surface area contributed by atoms with Crippen LogP contribution in [0.1, 0.15) is 0 Å². The number of hydrogen-bond donors (Lipinski definition) is 1. The lowest BCUT2D eigenvalue weighted by Crippen LogP contribution is -2.11. The lowest BCUT2D eigenvalue weighted by Gasteiger charge is -2.07. The highest BCUT2D eigenvalue weighted by atomic mass is 32.2. The summed E-state index contributed by atoms with van der Waals surface area (Å²) in [5, 5.41) is 0.516. The monoisotopic (exact) mass is 238 g/mol. The van der Waals surface area contributed by atoms with Gasteiger partial charge in [0.1, 0.15) is 5.82 Å². The van der Waals surface area contributed by atoms with Gasteiger partial charge in [0.2, 0.25) is 5.43 Å². The Hall–Kier alpha value is -1.33. The third-order valence-corrected chi connectivity index (χ3v) is 3.13. The maximum absolute atomic E-state index is 13.1. The normalized spacial score (nSPS) is 10.9. The van der Waals surface area contributed by atoms with Crippen LogP contribution >= 0.6 is 11.8 Å². The minimum Gasteiger partial charge on any atom is -0.349 e. The van der Waals surface area contributed by atoms with Crippen LogP contribution in [0.5, 0.6) is 0 Å². The zero-order valence-corrected chi connectivity index (χ0v) is 9.55. The fourth-order valence-electron chi connectivity index (χ4n) is 1.62. The van der Waals surface area contributed by atoms with E-state index in [1.54, 1.807) is 17.8 Å². The summed E-state index contributed by atoms with van der Waals surface area (Å²) in [7, 11) is 1.78. The van der Waals surface area contributed by atoms with Crippen LogP contribution in [0.15, 0.2) is 34.1 Å². The zero-order chi connectivity index (χ0) is 11.7. The molecule has 1 heterocycles. The predicted molar refractivity (Wildman–Crippen MR) is 64.1 cm³/mol. The minimum absolute atomic E-state index is 0.0939. The van der Waals surface area contributed by atoms with E-state index >= 15 is 0 Å². The Bertz CT molecular complexity index is 594. The number of aryl methyl sites for hydroxylation is 1. The Morgan fingerprint density at radius 1 is 1.50 bits per heavy atom. The van der Waals surface area contributed by atoms with E-state index in [1.807, 2.05) is 0 Å². The molecule has 0 unspecified atom stereocenters. The number of hydrogen-bond acceptors (Lipinski definition) is 3. The third-order valence-electron chi connectivity index (χ3n) is 2.36. The van der Waals surface area contributed by atoms with Gasteiger partial charge in [-0.1, -0.05) is 0 Å². The first kappa shape index (κ1) is 11.2. The Morgan fingerprint density at radius 2 is 2.25 bits per heavy atom. The fraction of sp³-hybridized carbons (Fsp3) is 0.182. The molecule has 5 heteroatoms. The largest absolute Gasteiger partial charge is 0.349 e. The minimum atomic E-state index is -0.346. The molecule has 1 aromatic carbocycles. The van der Waals surface area contributed by atoms with Crippen molar-refractivity contribution >= 4 is 22.7 Å². The van der Waals surface area contributed by atoms with Gasteiger partial charge in [0.15, 0.2) is 0 Å². The third kappa shape index (κ3) is 1.83. The first-order chi connectivity index (χ1) is 7.63. The number of benzene rings is 1. The van der Waals surface area contributed by atoms with E-state index in [4.69, 9.17) is 5.73 Å². The molecular formula is C11H11FN2OS. The molecule has 2 N–H and O–H groups in total. The number of rotatable bonds is 2. The maximum Gasteiger partial charge on any atom is 0.202 e. The zero-order valence-electron chi connectivity index (χ0n) is 8.74. The molecule has 0 fully saturated rings. The average Bonchev–Trinajstić information content (AvgIpc) is 2.26. The van der Waals surface area contributed by atoms with Crippen molar-refractivity contribution in [2.45, 2.75) is 4.90 Å². The van der Waals surface area contributed by atoms with Gasteiger partial charge in [-0.3, -0.25) is 4.79 Å². The van der Waals surface area contributed by atoms with Gasteiger partial charge in [0.05, 0.1) is 10.4 Å². The van der Waals surface area contributed by atoms with Gasteiger partial charge in [0.25, 0.3) is 0 Å². The van der Waals surface area contributed by atoms with Crippen LogP contribution in [-0.4, -0.2) is 10.4 Å². The molecule has 2 aromatic rings. The quantitative estimate of drug-likeness (QED) is 0.639. The predicted octanol–water partition coefficient (Wildman–Crippen LogP) is 1.69. The lowest BCUT2D eigenvalue weighted by atomic mass is 10.2. The average molecular weight is 238 g/mol. The van der Waals surface area contributed by atoms with Gasteiger partial charge in [-0.05, 0) is 18.2 Å². The Labute approximate surface area is 96.1 Å². The van der Waals surface area contributed by atoms with Crippen molar-refractivity contribution in [3.05, 3.63) is 40.4 Å². The van der Waals surface area contributed by atoms with Gasteiger partial charge in [-0.15, -0.1) is 11.8 Å². The molecule has 0 aliphatic carbocycles. The first-order valence-corrected chi connectivity index (χ1v) is 5.74. The molecule has 0 amide bonds. The molecule has 2 rings (SSSR count). The second-order valence-electron chi connectivity index (χ2n) is 3.41. The summed E-state index contributed by atoms with van der Waals surface area (Å²) in [4.78, 5) is 12.6. The van der Waals surface area contributed by atoms with Crippen molar-refractivity contribution in [1.82, 2.24) is 4.57 Å². The van der Waals surface area contributed by atoms with Crippen LogP contribution in [0.4, 0.5) is 4.39 Å². The summed E-state index contributed by atoms with van der Waals surface area (Å²) in [6.07, 6.45) is 1.68. The number of pyridine rings is 1. The van der Waals surface area contributed by atoms with Crippen LogP contribution in [0, 0.1) is 5.82 Å². The molecule has 0 bridgehead atoms. The van der Waals surface area contributed by atoms with Crippen molar-refractivity contribution < 1.29 is 4.39 Å². The summed E-state index contributed by atoms with van der Waals surface area (Å²) in [6, 6.07) is 4.15. The second-order valence-corrected chi connectivity index (χ2v) is 4.47. The van der Waals surface area contributed by atoms with Crippen LogP contribution < -0.4 is 11.2 Å². The Morgan fingerprint density at radius 3 is 2.94 bits per heavy atom. The SMILES string of the molecule is Cn1cc(SCN)c(=O)c2ccc(F)cc21. The molecule has 0 spiro atoms. The Kier molecular flexibility index (Phi) is 2.98. The summed E-state index contributed by atoms with van der Waals surface area (Å²) >= 11 is 1.29. The molecule has 0 radical (unpaired) electrons. The molecule has 3 nitrogen and oxygen atoms in total. The van der Waals surface area contributed by atoms with Crippen LogP contribution in [0.25, 0.3) is 10.9 Å². The number of aromatic nitrogens is 1. The molecule has 0 aliphatic rings. The van der Waals surface area contributed by atoms with Crippen LogP contribution in [-0.2, 0) is 7.05 Å². The van der Waals surface area contributed by atoms with E-state index in [9.17, 15) is 9.18 Å². The van der Waals surface area contributed by atoms with E-state index in [1.165, 1.54) is 30.0 Å². The van der Waals surface area contributed by atoms with Gasteiger partial charge in [-0.25, -0.2) is 4.39 Å². The number of fused-ring (bicyclic) bond motifs is 1. The topological polar surface area (TPSA) is 48.0 Å². The van der Waals surface area contributed by atoms with Gasteiger partial charge in [-0.2, -0.15) is 0 Å². The van der Waals surface area contributed by atoms with E-state index < -0.39 is 0 Å². The second kappa shape index (κ2) is 4.27. The van der Waals surface area contributed by atoms with Crippen molar-refractivity contribution in [3.8, 4) is 0 Å². The summed E-state index contributed by atoms with van der Waals surface area (Å²) in [5.41, 5.74) is 5.90. The molecular weight excluding hydrogens is 227 g/mol. The number of nitrogens with zero attached hydrogens (tertiary/aromatic N) is 1. The standard InChI is InChI=1S/C11H11FN2OS/c1-14-5-10(16-6-13)11(15)8-3-2-7(12)4-9(8)14/h2-5H,6,13H2,1H3. The van der Waals surface area contributed by atoms with Crippen LogP contribution in [0.3, 0.4) is 0 Å².